The molecule has 29 heteroatoms. The number of ketones is 3. The molecule has 5 amide bonds. The number of aromatic nitrogens is 4. The van der Waals surface area contributed by atoms with E-state index < -0.39 is 65.3 Å². The number of nitrogens with one attached hydrogen (secondary N) is 2. The number of hydrogen-bond donors (Lipinski definition) is 9. The number of carboxylic acids is 1. The Morgan fingerprint density at radius 3 is 1.74 bits per heavy atom. The fraction of sp³-hybridized carbons (Fsp3) is 0.596. The number of hydrogen-bond acceptors (Lipinski definition) is 23. The smallest absolute Gasteiger partial charge is 0.326 e. The van der Waals surface area contributed by atoms with Gasteiger partial charge in [-0.1, -0.05) is 0 Å². The van der Waals surface area contributed by atoms with E-state index in [1.54, 1.807) is 30.5 Å². The number of carbonyl (C=O) groups is 9. The van der Waals surface area contributed by atoms with Crippen molar-refractivity contribution >= 4 is 81.5 Å². The van der Waals surface area contributed by atoms with Crippen LogP contribution in [0, 0.1) is 5.92 Å². The average Bonchev–Trinajstić information content (AvgIpc) is 3.42. The van der Waals surface area contributed by atoms with Gasteiger partial charge >= 0.3 is 5.97 Å². The Morgan fingerprint density at radius 1 is 0.630 bits per heavy atom. The van der Waals surface area contributed by atoms with Gasteiger partial charge < -0.3 is 52.1 Å². The summed E-state index contributed by atoms with van der Waals surface area (Å²) in [7, 11) is 1.81. The molecule has 3 aromatic rings. The second-order valence-electron chi connectivity index (χ2n) is 19.2. The van der Waals surface area contributed by atoms with E-state index in [4.69, 9.17) is 31.4 Å². The highest BCUT2D eigenvalue weighted by molar-refractivity contribution is 5.97. The molecule has 29 nitrogen and oxygen atoms in total. The number of ether oxygens (including phenoxy) is 3. The van der Waals surface area contributed by atoms with Gasteiger partial charge in [0.15, 0.2) is 22.8 Å². The minimum atomic E-state index is -1.29. The number of nitrogen functional groups attached to an aromatic ring is 2. The van der Waals surface area contributed by atoms with Gasteiger partial charge in [-0.05, 0) is 82.1 Å². The number of nitrogens with two attached hydrogens (primary N) is 3. The molecule has 0 saturated carbocycles. The normalized spacial score (nSPS) is 12.6. The van der Waals surface area contributed by atoms with Gasteiger partial charge in [0.05, 0.1) is 56.9 Å². The summed E-state index contributed by atoms with van der Waals surface area (Å²) < 4.78 is 16.7. The standard InChI is InChI=1S/C52H79N13O16/c1-33(66)63(76)21-5-10-37(30-45(71)42(13-7-23-65(78)35(3)68)58-50(73)41(53)12-6-22-64(77)34(2)67)44(70)14-9-25-80-27-29-81-28-26-79-24-8-11-40(69)19-20-43(51(74)75)59-49(72)36-15-17-39(18-16-36)62(4)32-38-31-56-48-46(57-38)47(54)60-52(55)61-48/h15-18,31,37,41-43,76-78H,5-14,19-30,32,53H2,1-4H3,(H,58,73)(H,59,72)(H,74,75)(H4,54,55,56,60,61)/t37-,41+,42+,43-/m1/s1. The van der Waals surface area contributed by atoms with Crippen LogP contribution in [0.15, 0.2) is 30.5 Å². The Morgan fingerprint density at radius 2 is 1.17 bits per heavy atom. The second-order valence-corrected chi connectivity index (χ2v) is 19.2. The Hall–Kier alpha value is -7.41. The molecule has 2 heterocycles. The van der Waals surface area contributed by atoms with E-state index >= 15 is 0 Å². The van der Waals surface area contributed by atoms with Crippen LogP contribution in [-0.2, 0) is 59.1 Å². The lowest BCUT2D eigenvalue weighted by atomic mass is 9.87. The third kappa shape index (κ3) is 25.7. The van der Waals surface area contributed by atoms with Crippen molar-refractivity contribution in [3.63, 3.8) is 0 Å². The summed E-state index contributed by atoms with van der Waals surface area (Å²) >= 11 is 0. The highest BCUT2D eigenvalue weighted by Gasteiger charge is 2.29. The first-order valence-corrected chi connectivity index (χ1v) is 26.6. The van der Waals surface area contributed by atoms with E-state index in [0.717, 1.165) is 19.5 Å². The molecular formula is C52H79N13O16. The van der Waals surface area contributed by atoms with Crippen LogP contribution in [0.25, 0.3) is 11.2 Å². The largest absolute Gasteiger partial charge is 0.480 e. The lowest BCUT2D eigenvalue weighted by Crippen LogP contribution is -2.49. The van der Waals surface area contributed by atoms with E-state index in [1.807, 2.05) is 11.9 Å². The summed E-state index contributed by atoms with van der Waals surface area (Å²) in [5.74, 6) is -6.17. The number of fused-ring (bicyclic) bond motifs is 1. The quantitative estimate of drug-likeness (QED) is 0.0220. The Labute approximate surface area is 469 Å². The maximum absolute atomic E-state index is 13.8. The maximum Gasteiger partial charge on any atom is 0.326 e. The first-order chi connectivity index (χ1) is 38.5. The van der Waals surface area contributed by atoms with Crippen molar-refractivity contribution in [3.05, 3.63) is 41.7 Å². The topological polar surface area (TPSA) is 429 Å². The number of aliphatic carboxylic acids is 1. The molecule has 448 valence electrons. The van der Waals surface area contributed by atoms with Crippen molar-refractivity contribution in [2.24, 2.45) is 11.7 Å². The molecule has 2 aromatic heterocycles. The number of hydroxylamine groups is 6. The SMILES string of the molecule is CC(=O)N(O)CCC[C@H](CC(=O)[C@H](CCCN(O)C(C)=O)NC(=O)[C@@H](N)CCCN(O)C(C)=O)C(=O)CCCOCCOCCOCCCC(=O)CC[C@@H](NC(=O)c1ccc(N(C)Cc2cnc3nc(N)nc(N)c3n2)cc1)C(=O)O. The van der Waals surface area contributed by atoms with Crippen LogP contribution in [0.2, 0.25) is 0 Å². The molecule has 3 rings (SSSR count). The van der Waals surface area contributed by atoms with Gasteiger partial charge in [0.2, 0.25) is 29.6 Å². The number of carboxylic acid groups (broad SMARTS) is 1. The van der Waals surface area contributed by atoms with Gasteiger partial charge in [-0.2, -0.15) is 9.97 Å². The molecule has 0 fully saturated rings. The number of Topliss-reactive ketones (excluding diaryl/α,β-unsaturated/α-hetero) is 3. The average molecular weight is 1140 g/mol. The molecule has 81 heavy (non-hydrogen) atoms. The molecule has 12 N–H and O–H groups in total. The Balaban J connectivity index is 1.34. The van der Waals surface area contributed by atoms with E-state index in [2.05, 4.69) is 30.6 Å². The molecule has 0 bridgehead atoms. The van der Waals surface area contributed by atoms with Gasteiger partial charge in [-0.15, -0.1) is 0 Å². The van der Waals surface area contributed by atoms with Crippen LogP contribution in [0.5, 0.6) is 0 Å². The number of nitrogens with zero attached hydrogens (tertiary/aromatic N) is 8. The maximum atomic E-state index is 13.8. The highest BCUT2D eigenvalue weighted by atomic mass is 16.5. The van der Waals surface area contributed by atoms with Crippen molar-refractivity contribution in [2.45, 2.75) is 129 Å². The molecule has 4 atom stereocenters. The van der Waals surface area contributed by atoms with E-state index in [-0.39, 0.29) is 164 Å². The molecule has 0 aliphatic carbocycles. The van der Waals surface area contributed by atoms with Gasteiger partial charge in [0.25, 0.3) is 5.91 Å². The molecule has 0 saturated heterocycles. The fourth-order valence-electron chi connectivity index (χ4n) is 8.01. The summed E-state index contributed by atoms with van der Waals surface area (Å²) in [6.07, 6.45) is 2.52. The van der Waals surface area contributed by atoms with Crippen LogP contribution in [0.1, 0.15) is 120 Å². The fourth-order valence-corrected chi connectivity index (χ4v) is 8.01. The summed E-state index contributed by atoms with van der Waals surface area (Å²) in [6, 6.07) is 2.93. The lowest BCUT2D eigenvalue weighted by molar-refractivity contribution is -0.163. The van der Waals surface area contributed by atoms with Crippen molar-refractivity contribution in [1.29, 1.82) is 0 Å². The van der Waals surface area contributed by atoms with Crippen LogP contribution < -0.4 is 32.7 Å². The molecule has 0 aliphatic rings. The highest BCUT2D eigenvalue weighted by Crippen LogP contribution is 2.21. The van der Waals surface area contributed by atoms with Gasteiger partial charge in [0, 0.05) is 104 Å². The van der Waals surface area contributed by atoms with Crippen molar-refractivity contribution < 1.29 is 78.1 Å². The third-order valence-corrected chi connectivity index (χ3v) is 12.7. The number of carbonyl (C=O) groups excluding carboxylic acids is 8. The van der Waals surface area contributed by atoms with Gasteiger partial charge in [0.1, 0.15) is 17.6 Å². The van der Waals surface area contributed by atoms with Crippen molar-refractivity contribution in [2.75, 3.05) is 82.7 Å². The number of benzene rings is 1. The zero-order valence-electron chi connectivity index (χ0n) is 46.5. The van der Waals surface area contributed by atoms with E-state index in [9.17, 15) is 63.9 Å². The summed E-state index contributed by atoms with van der Waals surface area (Å²) in [6.45, 7) is 4.80. The monoisotopic (exact) mass is 1140 g/mol. The third-order valence-electron chi connectivity index (χ3n) is 12.7. The predicted molar refractivity (Wildman–Crippen MR) is 290 cm³/mol. The van der Waals surface area contributed by atoms with Crippen LogP contribution in [0.3, 0.4) is 0 Å². The molecule has 0 spiro atoms. The summed E-state index contributed by atoms with van der Waals surface area (Å²) in [5, 5.41) is 45.7. The minimum Gasteiger partial charge on any atom is -0.480 e. The summed E-state index contributed by atoms with van der Waals surface area (Å²) in [5.41, 5.74) is 19.7. The molecule has 0 aliphatic heterocycles. The second kappa shape index (κ2) is 36.0. The lowest BCUT2D eigenvalue weighted by Gasteiger charge is -2.24. The Bertz CT molecular complexity index is 2560. The van der Waals surface area contributed by atoms with Crippen molar-refractivity contribution in [3.8, 4) is 0 Å². The molecule has 0 unspecified atom stereocenters. The van der Waals surface area contributed by atoms with Gasteiger partial charge in [-0.3, -0.25) is 54.0 Å². The molecular weight excluding hydrogens is 1060 g/mol. The number of amides is 5. The Kier molecular flexibility index (Phi) is 30.2. The number of rotatable bonds is 41. The molecule has 0 radical (unpaired) electrons. The van der Waals surface area contributed by atoms with Crippen LogP contribution >= 0.6 is 0 Å². The zero-order chi connectivity index (χ0) is 60.0. The first kappa shape index (κ1) is 67.9. The van der Waals surface area contributed by atoms with Crippen LogP contribution in [-0.4, -0.2) is 193 Å². The minimum absolute atomic E-state index is 0.0112. The number of anilines is 3. The van der Waals surface area contributed by atoms with Crippen LogP contribution in [0.4, 0.5) is 17.5 Å². The zero-order valence-corrected chi connectivity index (χ0v) is 46.5. The van der Waals surface area contributed by atoms with Crippen molar-refractivity contribution in [1.82, 2.24) is 45.8 Å². The predicted octanol–water partition coefficient (Wildman–Crippen LogP) is 1.37. The van der Waals surface area contributed by atoms with Gasteiger partial charge in [-0.25, -0.2) is 30.0 Å². The molecule has 1 aromatic carbocycles. The summed E-state index contributed by atoms with van der Waals surface area (Å²) in [4.78, 5) is 131. The van der Waals surface area contributed by atoms with E-state index in [0.29, 0.717) is 45.8 Å². The first-order valence-electron chi connectivity index (χ1n) is 26.6. The van der Waals surface area contributed by atoms with E-state index in [1.165, 1.54) is 6.92 Å².